The van der Waals surface area contributed by atoms with Gasteiger partial charge in [-0.1, -0.05) is 6.07 Å². The third-order valence-corrected chi connectivity index (χ3v) is 2.51. The molecule has 1 unspecified atom stereocenters. The van der Waals surface area contributed by atoms with Gasteiger partial charge in [0.25, 0.3) is 0 Å². The number of nitrogens with zero attached hydrogens (tertiary/aromatic N) is 3. The second-order valence-electron chi connectivity index (χ2n) is 4.49. The highest BCUT2D eigenvalue weighted by Gasteiger charge is 2.03. The Hall–Kier alpha value is -1.68. The largest absolute Gasteiger partial charge is 0.331 e. The van der Waals surface area contributed by atoms with Gasteiger partial charge in [-0.3, -0.25) is 4.98 Å². The van der Waals surface area contributed by atoms with E-state index in [0.717, 1.165) is 30.0 Å². The number of nitrogens with two attached hydrogens (primary N) is 1. The summed E-state index contributed by atoms with van der Waals surface area (Å²) in [5, 5.41) is 0. The van der Waals surface area contributed by atoms with Crippen molar-refractivity contribution in [2.75, 3.05) is 0 Å². The van der Waals surface area contributed by atoms with Gasteiger partial charge in [0, 0.05) is 24.4 Å². The Balaban J connectivity index is 2.06. The molecule has 1 atom stereocenters. The van der Waals surface area contributed by atoms with E-state index >= 15 is 0 Å². The van der Waals surface area contributed by atoms with Crippen LogP contribution >= 0.6 is 0 Å². The molecule has 0 spiro atoms. The molecule has 4 heteroatoms. The highest BCUT2D eigenvalue weighted by molar-refractivity contribution is 5.11. The van der Waals surface area contributed by atoms with E-state index < -0.39 is 0 Å². The molecule has 0 fully saturated rings. The monoisotopic (exact) mass is 230 g/mol. The fraction of sp³-hybridized carbons (Fsp3) is 0.385. The first-order valence-electron chi connectivity index (χ1n) is 5.82. The van der Waals surface area contributed by atoms with Crippen LogP contribution in [0.2, 0.25) is 0 Å². The molecule has 4 nitrogen and oxygen atoms in total. The van der Waals surface area contributed by atoms with Gasteiger partial charge in [0.1, 0.15) is 0 Å². The van der Waals surface area contributed by atoms with Crippen LogP contribution in [0.1, 0.15) is 24.0 Å². The SMILES string of the molecule is Cc1cccc(Cn2cnc(CC(C)N)c2)n1. The Morgan fingerprint density at radius 3 is 2.88 bits per heavy atom. The van der Waals surface area contributed by atoms with E-state index in [4.69, 9.17) is 5.73 Å². The molecular weight excluding hydrogens is 212 g/mol. The molecule has 2 aromatic heterocycles. The fourth-order valence-electron chi connectivity index (χ4n) is 1.80. The third-order valence-electron chi connectivity index (χ3n) is 2.51. The highest BCUT2D eigenvalue weighted by Crippen LogP contribution is 2.04. The lowest BCUT2D eigenvalue weighted by atomic mass is 10.2. The molecule has 17 heavy (non-hydrogen) atoms. The van der Waals surface area contributed by atoms with Crippen LogP contribution in [0.15, 0.2) is 30.7 Å². The summed E-state index contributed by atoms with van der Waals surface area (Å²) in [5.41, 5.74) is 8.87. The summed E-state index contributed by atoms with van der Waals surface area (Å²) >= 11 is 0. The van der Waals surface area contributed by atoms with Crippen molar-refractivity contribution in [3.05, 3.63) is 47.8 Å². The first-order chi connectivity index (χ1) is 8.13. The number of rotatable bonds is 4. The van der Waals surface area contributed by atoms with Gasteiger partial charge < -0.3 is 10.3 Å². The van der Waals surface area contributed by atoms with Crippen LogP contribution in [0, 0.1) is 6.92 Å². The van der Waals surface area contributed by atoms with Crippen LogP contribution in [0.4, 0.5) is 0 Å². The number of hydrogen-bond donors (Lipinski definition) is 1. The molecule has 0 radical (unpaired) electrons. The molecule has 0 amide bonds. The number of hydrogen-bond acceptors (Lipinski definition) is 3. The lowest BCUT2D eigenvalue weighted by Gasteiger charge is -2.03. The zero-order chi connectivity index (χ0) is 12.3. The van der Waals surface area contributed by atoms with Crippen molar-refractivity contribution in [3.8, 4) is 0 Å². The Bertz CT molecular complexity index is 488. The van der Waals surface area contributed by atoms with Crippen molar-refractivity contribution < 1.29 is 0 Å². The average Bonchev–Trinajstić information content (AvgIpc) is 2.64. The summed E-state index contributed by atoms with van der Waals surface area (Å²) in [6.45, 7) is 4.74. The first-order valence-corrected chi connectivity index (χ1v) is 5.82. The molecule has 2 heterocycles. The van der Waals surface area contributed by atoms with Gasteiger partial charge in [0.15, 0.2) is 0 Å². The van der Waals surface area contributed by atoms with Gasteiger partial charge in [-0.05, 0) is 26.0 Å². The van der Waals surface area contributed by atoms with Crippen molar-refractivity contribution in [1.82, 2.24) is 14.5 Å². The standard InChI is InChI=1S/C13H18N4/c1-10(14)6-13-8-17(9-15-13)7-12-5-3-4-11(2)16-12/h3-5,8-10H,6-7,14H2,1-2H3. The zero-order valence-electron chi connectivity index (χ0n) is 10.3. The van der Waals surface area contributed by atoms with Crippen molar-refractivity contribution >= 4 is 0 Å². The lowest BCUT2D eigenvalue weighted by Crippen LogP contribution is -2.17. The topological polar surface area (TPSA) is 56.7 Å². The number of imidazole rings is 1. The molecule has 2 N–H and O–H groups in total. The molecule has 0 saturated carbocycles. The molecule has 2 rings (SSSR count). The highest BCUT2D eigenvalue weighted by atomic mass is 15.0. The second-order valence-corrected chi connectivity index (χ2v) is 4.49. The van der Waals surface area contributed by atoms with E-state index in [1.807, 2.05) is 49.1 Å². The fourth-order valence-corrected chi connectivity index (χ4v) is 1.80. The van der Waals surface area contributed by atoms with Gasteiger partial charge in [0.2, 0.25) is 0 Å². The maximum Gasteiger partial charge on any atom is 0.0953 e. The summed E-state index contributed by atoms with van der Waals surface area (Å²) in [6, 6.07) is 6.20. The summed E-state index contributed by atoms with van der Waals surface area (Å²) in [6.07, 6.45) is 4.68. The minimum absolute atomic E-state index is 0.149. The zero-order valence-corrected chi connectivity index (χ0v) is 10.3. The van der Waals surface area contributed by atoms with Crippen molar-refractivity contribution in [3.63, 3.8) is 0 Å². The van der Waals surface area contributed by atoms with Crippen molar-refractivity contribution in [2.45, 2.75) is 32.9 Å². The number of pyridine rings is 1. The maximum atomic E-state index is 5.74. The molecule has 0 aliphatic rings. The van der Waals surface area contributed by atoms with E-state index in [1.54, 1.807) is 0 Å². The minimum Gasteiger partial charge on any atom is -0.331 e. The molecule has 0 saturated heterocycles. The Labute approximate surface area is 102 Å². The normalized spacial score (nSPS) is 12.6. The quantitative estimate of drug-likeness (QED) is 0.866. The van der Waals surface area contributed by atoms with E-state index in [-0.39, 0.29) is 6.04 Å². The molecule has 0 aromatic carbocycles. The molecule has 0 aliphatic carbocycles. The van der Waals surface area contributed by atoms with E-state index in [9.17, 15) is 0 Å². The smallest absolute Gasteiger partial charge is 0.0953 e. The minimum atomic E-state index is 0.149. The van der Waals surface area contributed by atoms with Gasteiger partial charge in [-0.15, -0.1) is 0 Å². The summed E-state index contributed by atoms with van der Waals surface area (Å²) < 4.78 is 2.04. The average molecular weight is 230 g/mol. The Morgan fingerprint density at radius 1 is 1.35 bits per heavy atom. The van der Waals surface area contributed by atoms with Crippen LogP contribution in [-0.4, -0.2) is 20.6 Å². The van der Waals surface area contributed by atoms with Crippen LogP contribution in [-0.2, 0) is 13.0 Å². The van der Waals surface area contributed by atoms with Gasteiger partial charge in [-0.25, -0.2) is 4.98 Å². The molecule has 2 aromatic rings. The Morgan fingerprint density at radius 2 is 2.18 bits per heavy atom. The van der Waals surface area contributed by atoms with Crippen LogP contribution in [0.3, 0.4) is 0 Å². The van der Waals surface area contributed by atoms with Crippen LogP contribution in [0.5, 0.6) is 0 Å². The summed E-state index contributed by atoms with van der Waals surface area (Å²) in [7, 11) is 0. The van der Waals surface area contributed by atoms with Crippen molar-refractivity contribution in [1.29, 1.82) is 0 Å². The van der Waals surface area contributed by atoms with Gasteiger partial charge in [0.05, 0.1) is 24.3 Å². The molecule has 90 valence electrons. The van der Waals surface area contributed by atoms with Crippen LogP contribution in [0.25, 0.3) is 0 Å². The van der Waals surface area contributed by atoms with E-state index in [0.29, 0.717) is 0 Å². The number of aromatic nitrogens is 3. The third kappa shape index (κ3) is 3.39. The summed E-state index contributed by atoms with van der Waals surface area (Å²) in [4.78, 5) is 8.80. The van der Waals surface area contributed by atoms with Gasteiger partial charge >= 0.3 is 0 Å². The molecule has 0 aliphatic heterocycles. The summed E-state index contributed by atoms with van der Waals surface area (Å²) in [5.74, 6) is 0. The van der Waals surface area contributed by atoms with E-state index in [2.05, 4.69) is 9.97 Å². The van der Waals surface area contributed by atoms with E-state index in [1.165, 1.54) is 0 Å². The molecular formula is C13H18N4. The predicted octanol–water partition coefficient (Wildman–Crippen LogP) is 1.52. The first kappa shape index (κ1) is 11.8. The number of aryl methyl sites for hydroxylation is 1. The second kappa shape index (κ2) is 5.10. The predicted molar refractivity (Wildman–Crippen MR) is 67.7 cm³/mol. The Kier molecular flexibility index (Phi) is 3.54. The van der Waals surface area contributed by atoms with Crippen molar-refractivity contribution in [2.24, 2.45) is 5.73 Å². The maximum absolute atomic E-state index is 5.74. The van der Waals surface area contributed by atoms with Crippen LogP contribution < -0.4 is 5.73 Å². The lowest BCUT2D eigenvalue weighted by molar-refractivity contribution is 0.722. The van der Waals surface area contributed by atoms with Gasteiger partial charge in [-0.2, -0.15) is 0 Å². The molecule has 0 bridgehead atoms.